The van der Waals surface area contributed by atoms with Crippen LogP contribution in [0.1, 0.15) is 35.2 Å². The molecule has 136 valence electrons. The highest BCUT2D eigenvalue weighted by Crippen LogP contribution is 2.30. The quantitative estimate of drug-likeness (QED) is 0.700. The first kappa shape index (κ1) is 19.6. The molecule has 0 aliphatic rings. The van der Waals surface area contributed by atoms with Crippen LogP contribution in [0.15, 0.2) is 30.3 Å². The van der Waals surface area contributed by atoms with Gasteiger partial charge in [-0.25, -0.2) is 0 Å². The molecule has 1 aromatic heterocycles. The summed E-state index contributed by atoms with van der Waals surface area (Å²) in [7, 11) is 1.61. The Morgan fingerprint density at radius 2 is 1.88 bits per heavy atom. The number of methoxy groups -OCH3 is 1. The molecule has 0 aliphatic carbocycles. The van der Waals surface area contributed by atoms with Gasteiger partial charge in [-0.3, -0.25) is 4.79 Å². The normalized spacial score (nSPS) is 11.8. The Bertz CT molecular complexity index is 704. The summed E-state index contributed by atoms with van der Waals surface area (Å²) < 4.78 is 17.2. The van der Waals surface area contributed by atoms with Crippen molar-refractivity contribution in [2.75, 3.05) is 26.9 Å². The van der Waals surface area contributed by atoms with Gasteiger partial charge in [-0.15, -0.1) is 11.3 Å². The number of nitrogens with one attached hydrogen (secondary N) is 1. The molecule has 7 heteroatoms. The summed E-state index contributed by atoms with van der Waals surface area (Å²) >= 11 is 7.39. The highest BCUT2D eigenvalue weighted by molar-refractivity contribution is 7.16. The summed E-state index contributed by atoms with van der Waals surface area (Å²) in [5.74, 6) is 0.989. The molecular formula is C18H22ClNO4S. The summed E-state index contributed by atoms with van der Waals surface area (Å²) in [6, 6.07) is 8.87. The minimum Gasteiger partial charge on any atom is -0.490 e. The van der Waals surface area contributed by atoms with Gasteiger partial charge in [0.25, 0.3) is 5.91 Å². The molecular weight excluding hydrogens is 362 g/mol. The predicted molar refractivity (Wildman–Crippen MR) is 100 cm³/mol. The maximum Gasteiger partial charge on any atom is 0.251 e. The molecule has 0 aliphatic heterocycles. The lowest BCUT2D eigenvalue weighted by Gasteiger charge is -2.15. The van der Waals surface area contributed by atoms with Crippen LogP contribution in [-0.2, 0) is 4.74 Å². The van der Waals surface area contributed by atoms with E-state index < -0.39 is 0 Å². The fraction of sp³-hybridized carbons (Fsp3) is 0.389. The van der Waals surface area contributed by atoms with Crippen LogP contribution in [0, 0.1) is 0 Å². The maximum absolute atomic E-state index is 12.4. The molecule has 1 unspecified atom stereocenters. The Labute approximate surface area is 156 Å². The second-order valence-corrected chi connectivity index (χ2v) is 6.85. The van der Waals surface area contributed by atoms with Crippen LogP contribution in [-0.4, -0.2) is 32.8 Å². The van der Waals surface area contributed by atoms with Gasteiger partial charge in [-0.1, -0.05) is 11.6 Å². The average Bonchev–Trinajstić information content (AvgIpc) is 3.03. The molecule has 0 radical (unpaired) electrons. The van der Waals surface area contributed by atoms with Crippen LogP contribution in [0.3, 0.4) is 0 Å². The Morgan fingerprint density at radius 3 is 2.48 bits per heavy atom. The summed E-state index contributed by atoms with van der Waals surface area (Å²) in [4.78, 5) is 13.4. The standard InChI is InChI=1S/C18H22ClNO4S/c1-4-23-13-7-6-12(10-14(13)24-5-2)18(21)20-11-15(22-3)16-8-9-17(19)25-16/h6-10,15H,4-5,11H2,1-3H3,(H,20,21). The van der Waals surface area contributed by atoms with E-state index in [9.17, 15) is 4.79 Å². The van der Waals surface area contributed by atoms with E-state index in [-0.39, 0.29) is 12.0 Å². The van der Waals surface area contributed by atoms with Crippen molar-refractivity contribution in [2.45, 2.75) is 20.0 Å². The molecule has 0 saturated carbocycles. The van der Waals surface area contributed by atoms with Crippen LogP contribution < -0.4 is 14.8 Å². The fourth-order valence-corrected chi connectivity index (χ4v) is 3.42. The summed E-state index contributed by atoms with van der Waals surface area (Å²) in [6.45, 7) is 5.17. The number of thiophene rings is 1. The van der Waals surface area contributed by atoms with Crippen LogP contribution in [0.25, 0.3) is 0 Å². The Morgan fingerprint density at radius 1 is 1.16 bits per heavy atom. The van der Waals surface area contributed by atoms with Crippen LogP contribution in [0.5, 0.6) is 11.5 Å². The Kier molecular flexibility index (Phi) is 7.55. The first-order chi connectivity index (χ1) is 12.1. The third-order valence-corrected chi connectivity index (χ3v) is 4.77. The topological polar surface area (TPSA) is 56.8 Å². The smallest absolute Gasteiger partial charge is 0.251 e. The molecule has 0 fully saturated rings. The van der Waals surface area contributed by atoms with E-state index in [2.05, 4.69) is 5.32 Å². The van der Waals surface area contributed by atoms with E-state index in [1.807, 2.05) is 26.0 Å². The molecule has 1 atom stereocenters. The molecule has 1 heterocycles. The van der Waals surface area contributed by atoms with Crippen molar-refractivity contribution in [1.29, 1.82) is 0 Å². The van der Waals surface area contributed by atoms with E-state index in [1.54, 1.807) is 25.3 Å². The van der Waals surface area contributed by atoms with Gasteiger partial charge in [-0.2, -0.15) is 0 Å². The molecule has 1 aromatic carbocycles. The lowest BCUT2D eigenvalue weighted by Crippen LogP contribution is -2.28. The second kappa shape index (κ2) is 9.65. The van der Waals surface area contributed by atoms with Crippen LogP contribution >= 0.6 is 22.9 Å². The van der Waals surface area contributed by atoms with Gasteiger partial charge >= 0.3 is 0 Å². The second-order valence-electron chi connectivity index (χ2n) is 5.10. The van der Waals surface area contributed by atoms with Crippen molar-refractivity contribution in [1.82, 2.24) is 5.32 Å². The number of ether oxygens (including phenoxy) is 3. The number of benzene rings is 1. The van der Waals surface area contributed by atoms with Crippen molar-refractivity contribution in [3.8, 4) is 11.5 Å². The lowest BCUT2D eigenvalue weighted by atomic mass is 10.2. The zero-order valence-electron chi connectivity index (χ0n) is 14.5. The van der Waals surface area contributed by atoms with Crippen LogP contribution in [0.4, 0.5) is 0 Å². The van der Waals surface area contributed by atoms with Gasteiger partial charge in [0.05, 0.1) is 17.6 Å². The highest BCUT2D eigenvalue weighted by atomic mass is 35.5. The van der Waals surface area contributed by atoms with Gasteiger partial charge in [0.15, 0.2) is 11.5 Å². The molecule has 1 N–H and O–H groups in total. The molecule has 1 amide bonds. The van der Waals surface area contributed by atoms with Gasteiger partial charge in [-0.05, 0) is 44.2 Å². The Balaban J connectivity index is 2.05. The SMILES string of the molecule is CCOc1ccc(C(=O)NCC(OC)c2ccc(Cl)s2)cc1OCC. The number of hydrogen-bond donors (Lipinski definition) is 1. The monoisotopic (exact) mass is 383 g/mol. The zero-order valence-corrected chi connectivity index (χ0v) is 16.1. The van der Waals surface area contributed by atoms with Crippen molar-refractivity contribution in [2.24, 2.45) is 0 Å². The number of rotatable bonds is 9. The van der Waals surface area contributed by atoms with E-state index >= 15 is 0 Å². The number of carbonyl (C=O) groups excluding carboxylic acids is 1. The minimum atomic E-state index is -0.240. The molecule has 0 bridgehead atoms. The number of hydrogen-bond acceptors (Lipinski definition) is 5. The lowest BCUT2D eigenvalue weighted by molar-refractivity contribution is 0.0837. The van der Waals surface area contributed by atoms with Crippen molar-refractivity contribution in [3.05, 3.63) is 45.1 Å². The third-order valence-electron chi connectivity index (χ3n) is 3.45. The van der Waals surface area contributed by atoms with E-state index in [4.69, 9.17) is 25.8 Å². The average molecular weight is 384 g/mol. The van der Waals surface area contributed by atoms with Crippen molar-refractivity contribution >= 4 is 28.8 Å². The number of halogens is 1. The number of carbonyl (C=O) groups is 1. The minimum absolute atomic E-state index is 0.200. The molecule has 25 heavy (non-hydrogen) atoms. The summed E-state index contributed by atoms with van der Waals surface area (Å²) in [5, 5.41) is 2.88. The highest BCUT2D eigenvalue weighted by Gasteiger charge is 2.16. The molecule has 0 spiro atoms. The fourth-order valence-electron chi connectivity index (χ4n) is 2.28. The zero-order chi connectivity index (χ0) is 18.2. The van der Waals surface area contributed by atoms with Crippen molar-refractivity contribution < 1.29 is 19.0 Å². The van der Waals surface area contributed by atoms with Gasteiger partial charge < -0.3 is 19.5 Å². The van der Waals surface area contributed by atoms with Crippen LogP contribution in [0.2, 0.25) is 4.34 Å². The first-order valence-corrected chi connectivity index (χ1v) is 9.24. The first-order valence-electron chi connectivity index (χ1n) is 8.04. The van der Waals surface area contributed by atoms with Gasteiger partial charge in [0.2, 0.25) is 0 Å². The van der Waals surface area contributed by atoms with E-state index in [1.165, 1.54) is 11.3 Å². The molecule has 2 aromatic rings. The number of amides is 1. The molecule has 5 nitrogen and oxygen atoms in total. The summed E-state index contributed by atoms with van der Waals surface area (Å²) in [5.41, 5.74) is 0.506. The van der Waals surface area contributed by atoms with E-state index in [0.29, 0.717) is 41.2 Å². The van der Waals surface area contributed by atoms with E-state index in [0.717, 1.165) is 4.88 Å². The van der Waals surface area contributed by atoms with Gasteiger partial charge in [0, 0.05) is 24.1 Å². The third kappa shape index (κ3) is 5.36. The molecule has 2 rings (SSSR count). The predicted octanol–water partition coefficient (Wildman–Crippen LogP) is 4.32. The molecule has 0 saturated heterocycles. The Hall–Kier alpha value is -1.76. The maximum atomic E-state index is 12.4. The van der Waals surface area contributed by atoms with Gasteiger partial charge in [0.1, 0.15) is 6.10 Å². The largest absolute Gasteiger partial charge is 0.490 e. The van der Waals surface area contributed by atoms with Crippen molar-refractivity contribution in [3.63, 3.8) is 0 Å². The summed E-state index contributed by atoms with van der Waals surface area (Å²) in [6.07, 6.45) is -0.240.